The van der Waals surface area contributed by atoms with Crippen molar-refractivity contribution in [3.63, 3.8) is 0 Å². The molecule has 0 saturated carbocycles. The highest BCUT2D eigenvalue weighted by atomic mass is 32.2. The van der Waals surface area contributed by atoms with E-state index in [1.54, 1.807) is 10.6 Å². The summed E-state index contributed by atoms with van der Waals surface area (Å²) in [7, 11) is 0. The number of aromatic nitrogens is 2. The Morgan fingerprint density at radius 3 is 2.62 bits per heavy atom. The van der Waals surface area contributed by atoms with Crippen molar-refractivity contribution in [1.29, 1.82) is 0 Å². The summed E-state index contributed by atoms with van der Waals surface area (Å²) in [6.07, 6.45) is 0.855. The number of nitrogens with zero attached hydrogens (tertiary/aromatic N) is 2. The number of nitrogens with one attached hydrogen (secondary N) is 1. The lowest BCUT2D eigenvalue weighted by Crippen LogP contribution is -2.43. The molecule has 5 nitrogen and oxygen atoms in total. The van der Waals surface area contributed by atoms with Crippen molar-refractivity contribution in [2.75, 3.05) is 5.75 Å². The van der Waals surface area contributed by atoms with Crippen LogP contribution in [0.4, 0.5) is 0 Å². The number of amides is 1. The van der Waals surface area contributed by atoms with Crippen LogP contribution in [0.2, 0.25) is 0 Å². The van der Waals surface area contributed by atoms with E-state index in [9.17, 15) is 9.59 Å². The van der Waals surface area contributed by atoms with Crippen LogP contribution in [-0.2, 0) is 4.79 Å². The smallest absolute Gasteiger partial charge is 0.262 e. The lowest BCUT2D eigenvalue weighted by molar-refractivity contribution is -0.120. The van der Waals surface area contributed by atoms with Crippen molar-refractivity contribution < 1.29 is 4.79 Å². The fourth-order valence-corrected chi connectivity index (χ4v) is 3.24. The second-order valence-corrected chi connectivity index (χ2v) is 7.70. The van der Waals surface area contributed by atoms with Crippen LogP contribution in [0, 0.1) is 0 Å². The minimum atomic E-state index is -0.230. The topological polar surface area (TPSA) is 64.0 Å². The average molecular weight is 347 g/mol. The molecule has 1 N–H and O–H groups in total. The molecule has 0 atom stereocenters. The van der Waals surface area contributed by atoms with E-state index in [0.717, 1.165) is 6.42 Å². The summed E-state index contributed by atoms with van der Waals surface area (Å²) in [6, 6.07) is 7.29. The molecular weight excluding hydrogens is 322 g/mol. The van der Waals surface area contributed by atoms with Gasteiger partial charge in [0.05, 0.1) is 16.7 Å². The summed E-state index contributed by atoms with van der Waals surface area (Å²) in [5.74, 6) is 0.186. The second-order valence-electron chi connectivity index (χ2n) is 6.75. The molecule has 6 heteroatoms. The number of para-hydroxylation sites is 1. The van der Waals surface area contributed by atoms with Gasteiger partial charge in [-0.25, -0.2) is 4.98 Å². The molecule has 0 aliphatic rings. The third-order valence-corrected chi connectivity index (χ3v) is 4.94. The SMILES string of the molecule is CCC(C)(C)NC(=O)CSc1nc2ccccc2c(=O)n1C(C)C. The predicted molar refractivity (Wildman–Crippen MR) is 99.6 cm³/mol. The summed E-state index contributed by atoms with van der Waals surface area (Å²) in [5.41, 5.74) is 0.371. The minimum absolute atomic E-state index is 0.0211. The zero-order valence-electron chi connectivity index (χ0n) is 14.9. The van der Waals surface area contributed by atoms with Gasteiger partial charge in [0.1, 0.15) is 0 Å². The Hall–Kier alpha value is -1.82. The van der Waals surface area contributed by atoms with Gasteiger partial charge in [-0.2, -0.15) is 0 Å². The van der Waals surface area contributed by atoms with Gasteiger partial charge >= 0.3 is 0 Å². The summed E-state index contributed by atoms with van der Waals surface area (Å²) in [5, 5.41) is 4.19. The normalized spacial score (nSPS) is 11.9. The Morgan fingerprint density at radius 2 is 2.00 bits per heavy atom. The molecule has 1 heterocycles. The maximum Gasteiger partial charge on any atom is 0.262 e. The number of thioether (sulfide) groups is 1. The van der Waals surface area contributed by atoms with Crippen molar-refractivity contribution in [3.8, 4) is 0 Å². The molecular formula is C18H25N3O2S. The molecule has 0 radical (unpaired) electrons. The number of benzene rings is 1. The minimum Gasteiger partial charge on any atom is -0.351 e. The highest BCUT2D eigenvalue weighted by molar-refractivity contribution is 7.99. The highest BCUT2D eigenvalue weighted by Gasteiger charge is 2.19. The number of hydrogen-bond acceptors (Lipinski definition) is 4. The molecule has 0 saturated heterocycles. The fraction of sp³-hybridized carbons (Fsp3) is 0.500. The molecule has 24 heavy (non-hydrogen) atoms. The predicted octanol–water partition coefficient (Wildman–Crippen LogP) is 3.37. The number of fused-ring (bicyclic) bond motifs is 1. The fourth-order valence-electron chi connectivity index (χ4n) is 2.31. The van der Waals surface area contributed by atoms with Crippen molar-refractivity contribution in [3.05, 3.63) is 34.6 Å². The lowest BCUT2D eigenvalue weighted by atomic mass is 10.0. The van der Waals surface area contributed by atoms with Crippen LogP contribution in [0.25, 0.3) is 10.9 Å². The van der Waals surface area contributed by atoms with Crippen molar-refractivity contribution in [1.82, 2.24) is 14.9 Å². The van der Waals surface area contributed by atoms with E-state index in [1.165, 1.54) is 11.8 Å². The molecule has 0 aliphatic carbocycles. The summed E-state index contributed by atoms with van der Waals surface area (Å²) >= 11 is 1.30. The molecule has 1 aromatic carbocycles. The summed E-state index contributed by atoms with van der Waals surface area (Å²) in [4.78, 5) is 29.5. The molecule has 130 valence electrons. The van der Waals surface area contributed by atoms with Crippen LogP contribution in [0.1, 0.15) is 47.1 Å². The van der Waals surface area contributed by atoms with E-state index in [0.29, 0.717) is 16.1 Å². The van der Waals surface area contributed by atoms with Gasteiger partial charge in [0.25, 0.3) is 5.56 Å². The Bertz CT molecular complexity index is 796. The van der Waals surface area contributed by atoms with Crippen LogP contribution in [0.15, 0.2) is 34.2 Å². The quantitative estimate of drug-likeness (QED) is 0.643. The molecule has 1 amide bonds. The Balaban J connectivity index is 2.30. The molecule has 0 spiro atoms. The monoisotopic (exact) mass is 347 g/mol. The molecule has 0 aliphatic heterocycles. The average Bonchev–Trinajstić information content (AvgIpc) is 2.52. The third kappa shape index (κ3) is 4.17. The largest absolute Gasteiger partial charge is 0.351 e. The van der Waals surface area contributed by atoms with E-state index in [1.807, 2.05) is 52.8 Å². The van der Waals surface area contributed by atoms with Crippen LogP contribution >= 0.6 is 11.8 Å². The van der Waals surface area contributed by atoms with Gasteiger partial charge in [0.15, 0.2) is 5.16 Å². The standard InChI is InChI=1S/C18H25N3O2S/c1-6-18(4,5)20-15(22)11-24-17-19-14-10-8-7-9-13(14)16(23)21(17)12(2)3/h7-10,12H,6,11H2,1-5H3,(H,20,22). The van der Waals surface area contributed by atoms with Crippen molar-refractivity contribution >= 4 is 28.6 Å². The van der Waals surface area contributed by atoms with E-state index < -0.39 is 0 Å². The number of rotatable bonds is 6. The highest BCUT2D eigenvalue weighted by Crippen LogP contribution is 2.21. The lowest BCUT2D eigenvalue weighted by Gasteiger charge is -2.24. The summed E-state index contributed by atoms with van der Waals surface area (Å²) < 4.78 is 1.66. The molecule has 2 aromatic rings. The van der Waals surface area contributed by atoms with Gasteiger partial charge in [-0.1, -0.05) is 30.8 Å². The molecule has 0 bridgehead atoms. The van der Waals surface area contributed by atoms with Crippen LogP contribution < -0.4 is 10.9 Å². The third-order valence-electron chi connectivity index (χ3n) is 3.99. The number of carbonyl (C=O) groups is 1. The first-order chi connectivity index (χ1) is 11.2. The van der Waals surface area contributed by atoms with Gasteiger partial charge in [0, 0.05) is 11.6 Å². The first-order valence-electron chi connectivity index (χ1n) is 8.20. The van der Waals surface area contributed by atoms with E-state index in [2.05, 4.69) is 10.3 Å². The number of hydrogen-bond donors (Lipinski definition) is 1. The molecule has 1 aromatic heterocycles. The summed E-state index contributed by atoms with van der Waals surface area (Å²) in [6.45, 7) is 9.92. The first kappa shape index (κ1) is 18.5. The van der Waals surface area contributed by atoms with Crippen molar-refractivity contribution in [2.45, 2.75) is 57.8 Å². The molecule has 2 rings (SSSR count). The van der Waals surface area contributed by atoms with E-state index >= 15 is 0 Å². The number of carbonyl (C=O) groups excluding carboxylic acids is 1. The van der Waals surface area contributed by atoms with Gasteiger partial charge < -0.3 is 5.32 Å². The van der Waals surface area contributed by atoms with Crippen molar-refractivity contribution in [2.24, 2.45) is 0 Å². The van der Waals surface area contributed by atoms with Gasteiger partial charge in [-0.3, -0.25) is 14.2 Å². The molecule has 0 unspecified atom stereocenters. The van der Waals surface area contributed by atoms with Crippen LogP contribution in [-0.4, -0.2) is 26.8 Å². The zero-order valence-corrected chi connectivity index (χ0v) is 15.7. The van der Waals surface area contributed by atoms with Crippen LogP contribution in [0.5, 0.6) is 0 Å². The Morgan fingerprint density at radius 1 is 1.33 bits per heavy atom. The second kappa shape index (κ2) is 7.38. The maximum atomic E-state index is 12.7. The van der Waals surface area contributed by atoms with Gasteiger partial charge in [-0.15, -0.1) is 0 Å². The maximum absolute atomic E-state index is 12.7. The van der Waals surface area contributed by atoms with Crippen LogP contribution in [0.3, 0.4) is 0 Å². The first-order valence-corrected chi connectivity index (χ1v) is 9.19. The Kier molecular flexibility index (Phi) is 5.70. The molecule has 0 fully saturated rings. The van der Waals surface area contributed by atoms with Gasteiger partial charge in [-0.05, 0) is 46.2 Å². The Labute approximate surface area is 146 Å². The van der Waals surface area contributed by atoms with E-state index in [4.69, 9.17) is 0 Å². The zero-order chi connectivity index (χ0) is 17.9. The van der Waals surface area contributed by atoms with E-state index in [-0.39, 0.29) is 28.8 Å². The van der Waals surface area contributed by atoms with Gasteiger partial charge in [0.2, 0.25) is 5.91 Å².